The highest BCUT2D eigenvalue weighted by Crippen LogP contribution is 2.21. The third-order valence-corrected chi connectivity index (χ3v) is 4.71. The highest BCUT2D eigenvalue weighted by molar-refractivity contribution is 7.90. The third kappa shape index (κ3) is 3.02. The zero-order valence-electron chi connectivity index (χ0n) is 11.6. The Morgan fingerprint density at radius 1 is 1.38 bits per heavy atom. The summed E-state index contributed by atoms with van der Waals surface area (Å²) in [6.45, 7) is 4.32. The number of nitrogens with one attached hydrogen (secondary N) is 1. The minimum Gasteiger partial charge on any atom is -0.609 e. The molecule has 0 saturated carbocycles. The van der Waals surface area contributed by atoms with Crippen LogP contribution >= 0.6 is 11.3 Å². The Bertz CT molecular complexity index is 727. The summed E-state index contributed by atoms with van der Waals surface area (Å²) in [5.41, 5.74) is 2.61. The molecule has 3 aromatic rings. The van der Waals surface area contributed by atoms with E-state index in [4.69, 9.17) is 4.74 Å². The molecule has 1 unspecified atom stereocenters. The van der Waals surface area contributed by atoms with Crippen LogP contribution in [0.15, 0.2) is 22.1 Å². The Kier molecular flexibility index (Phi) is 4.09. The fourth-order valence-electron chi connectivity index (χ4n) is 1.83. The van der Waals surface area contributed by atoms with Crippen molar-refractivity contribution in [1.82, 2.24) is 19.9 Å². The van der Waals surface area contributed by atoms with Crippen LogP contribution < -0.4 is 4.74 Å². The van der Waals surface area contributed by atoms with E-state index in [1.807, 2.05) is 24.6 Å². The number of aromatic amines is 1. The molecule has 3 heterocycles. The lowest BCUT2D eigenvalue weighted by atomic mass is 10.4. The van der Waals surface area contributed by atoms with Gasteiger partial charge in [-0.1, -0.05) is 0 Å². The third-order valence-electron chi connectivity index (χ3n) is 2.84. The Morgan fingerprint density at radius 3 is 3.00 bits per heavy atom. The first-order valence-corrected chi connectivity index (χ1v) is 8.69. The average Bonchev–Trinajstić information content (AvgIpc) is 3.03. The molecule has 0 aliphatic heterocycles. The van der Waals surface area contributed by atoms with Crippen LogP contribution in [0, 0.1) is 6.92 Å². The van der Waals surface area contributed by atoms with Gasteiger partial charge in [0.2, 0.25) is 5.88 Å². The summed E-state index contributed by atoms with van der Waals surface area (Å²) >= 11 is 0.252. The predicted octanol–water partition coefficient (Wildman–Crippen LogP) is 2.43. The predicted molar refractivity (Wildman–Crippen MR) is 82.0 cm³/mol. The Hall–Kier alpha value is -1.64. The molecule has 1 N–H and O–H groups in total. The van der Waals surface area contributed by atoms with E-state index in [0.717, 1.165) is 16.6 Å². The molecule has 6 nitrogen and oxygen atoms in total. The number of hydrogen-bond donors (Lipinski definition) is 1. The molecule has 0 aromatic carbocycles. The molecule has 0 aliphatic rings. The molecule has 0 bridgehead atoms. The number of H-pyrrole nitrogens is 1. The molecular weight excluding hydrogens is 308 g/mol. The van der Waals surface area contributed by atoms with E-state index in [1.54, 1.807) is 17.5 Å². The second-order valence-electron chi connectivity index (χ2n) is 4.41. The van der Waals surface area contributed by atoms with E-state index in [-0.39, 0.29) is 5.75 Å². The quantitative estimate of drug-likeness (QED) is 0.729. The maximum atomic E-state index is 12.3. The molecular formula is C13H14N4O2S2. The second-order valence-corrected chi connectivity index (χ2v) is 6.52. The van der Waals surface area contributed by atoms with Gasteiger partial charge in [0.1, 0.15) is 5.52 Å². The van der Waals surface area contributed by atoms with Crippen molar-refractivity contribution in [1.29, 1.82) is 0 Å². The number of aromatic nitrogens is 4. The van der Waals surface area contributed by atoms with Gasteiger partial charge in [0.15, 0.2) is 11.6 Å². The summed E-state index contributed by atoms with van der Waals surface area (Å²) in [7, 11) is 0. The number of hydrogen-bond acceptors (Lipinski definition) is 6. The average molecular weight is 322 g/mol. The number of imidazole rings is 1. The lowest BCUT2D eigenvalue weighted by Gasteiger charge is -2.09. The van der Waals surface area contributed by atoms with Gasteiger partial charge in [0, 0.05) is 33.7 Å². The van der Waals surface area contributed by atoms with Crippen molar-refractivity contribution < 1.29 is 9.29 Å². The van der Waals surface area contributed by atoms with Crippen LogP contribution in [0.2, 0.25) is 0 Å². The normalized spacial score (nSPS) is 12.7. The van der Waals surface area contributed by atoms with Gasteiger partial charge in [-0.05, 0) is 13.8 Å². The molecule has 0 saturated heterocycles. The lowest BCUT2D eigenvalue weighted by Crippen LogP contribution is -2.11. The summed E-state index contributed by atoms with van der Waals surface area (Å²) in [5.74, 6) is 1.24. The molecule has 1 atom stereocenters. The van der Waals surface area contributed by atoms with Gasteiger partial charge in [-0.3, -0.25) is 4.98 Å². The van der Waals surface area contributed by atoms with Crippen molar-refractivity contribution in [3.8, 4) is 5.88 Å². The molecule has 0 spiro atoms. The van der Waals surface area contributed by atoms with Gasteiger partial charge in [-0.2, -0.15) is 9.97 Å². The van der Waals surface area contributed by atoms with E-state index >= 15 is 0 Å². The number of aryl methyl sites for hydroxylation is 1. The second kappa shape index (κ2) is 6.00. The van der Waals surface area contributed by atoms with E-state index < -0.39 is 11.2 Å². The van der Waals surface area contributed by atoms with Crippen molar-refractivity contribution in [3.05, 3.63) is 28.3 Å². The molecule has 0 fully saturated rings. The fourth-order valence-corrected chi connectivity index (χ4v) is 3.46. The molecule has 0 radical (unpaired) electrons. The SMILES string of the molecule is CCOc1nc(C[S+]([O-])c2nc3cscc3[nH]2)ncc1C. The van der Waals surface area contributed by atoms with Gasteiger partial charge in [0.25, 0.3) is 0 Å². The highest BCUT2D eigenvalue weighted by atomic mass is 32.2. The van der Waals surface area contributed by atoms with Crippen LogP contribution in [0.5, 0.6) is 5.88 Å². The summed E-state index contributed by atoms with van der Waals surface area (Å²) in [6.07, 6.45) is 1.69. The maximum absolute atomic E-state index is 12.3. The molecule has 110 valence electrons. The number of fused-ring (bicyclic) bond motifs is 1. The summed E-state index contributed by atoms with van der Waals surface area (Å²) in [5, 5.41) is 4.32. The van der Waals surface area contributed by atoms with Crippen molar-refractivity contribution in [2.24, 2.45) is 0 Å². The Balaban J connectivity index is 1.79. The van der Waals surface area contributed by atoms with Crippen molar-refractivity contribution >= 4 is 33.5 Å². The minimum atomic E-state index is -1.31. The number of thiophene rings is 1. The maximum Gasteiger partial charge on any atom is 0.322 e. The zero-order chi connectivity index (χ0) is 14.8. The van der Waals surface area contributed by atoms with Gasteiger partial charge in [-0.15, -0.1) is 11.3 Å². The van der Waals surface area contributed by atoms with Gasteiger partial charge >= 0.3 is 5.16 Å². The van der Waals surface area contributed by atoms with Crippen LogP contribution in [0.4, 0.5) is 0 Å². The smallest absolute Gasteiger partial charge is 0.322 e. The van der Waals surface area contributed by atoms with Gasteiger partial charge in [-0.25, -0.2) is 4.98 Å². The molecule has 8 heteroatoms. The van der Waals surface area contributed by atoms with E-state index in [9.17, 15) is 4.55 Å². The van der Waals surface area contributed by atoms with E-state index in [2.05, 4.69) is 19.9 Å². The topological polar surface area (TPSA) is 86.8 Å². The Labute approximate surface area is 128 Å². The minimum absolute atomic E-state index is 0.208. The van der Waals surface area contributed by atoms with Crippen LogP contribution in [0.25, 0.3) is 11.0 Å². The van der Waals surface area contributed by atoms with Crippen LogP contribution in [-0.2, 0) is 16.9 Å². The first-order chi connectivity index (χ1) is 10.2. The highest BCUT2D eigenvalue weighted by Gasteiger charge is 2.19. The Morgan fingerprint density at radius 2 is 2.24 bits per heavy atom. The standard InChI is InChI=1S/C13H14N4O2S2/c1-3-19-12-8(2)4-14-11(17-12)7-21(18)13-15-9-5-20-6-10(9)16-13/h4-6H,3,7H2,1-2H3,(H,15,16). The van der Waals surface area contributed by atoms with Crippen molar-refractivity contribution in [2.75, 3.05) is 6.61 Å². The van der Waals surface area contributed by atoms with Crippen molar-refractivity contribution in [2.45, 2.75) is 24.8 Å². The first-order valence-electron chi connectivity index (χ1n) is 6.43. The molecule has 0 aliphatic carbocycles. The molecule has 21 heavy (non-hydrogen) atoms. The summed E-state index contributed by atoms with van der Waals surface area (Å²) < 4.78 is 17.8. The van der Waals surface area contributed by atoms with E-state index in [1.165, 1.54) is 0 Å². The number of rotatable bonds is 5. The first kappa shape index (κ1) is 14.3. The van der Waals surface area contributed by atoms with Crippen molar-refractivity contribution in [3.63, 3.8) is 0 Å². The lowest BCUT2D eigenvalue weighted by molar-refractivity contribution is 0.322. The largest absolute Gasteiger partial charge is 0.609 e. The van der Waals surface area contributed by atoms with Gasteiger partial charge in [0.05, 0.1) is 12.1 Å². The summed E-state index contributed by atoms with van der Waals surface area (Å²) in [4.78, 5) is 15.9. The van der Waals surface area contributed by atoms with Crippen LogP contribution in [0.3, 0.4) is 0 Å². The molecule has 3 rings (SSSR count). The van der Waals surface area contributed by atoms with E-state index in [0.29, 0.717) is 23.5 Å². The number of nitrogens with zero attached hydrogens (tertiary/aromatic N) is 3. The number of ether oxygens (including phenoxy) is 1. The fraction of sp³-hybridized carbons (Fsp3) is 0.308. The monoisotopic (exact) mass is 322 g/mol. The summed E-state index contributed by atoms with van der Waals surface area (Å²) in [6, 6.07) is 0. The van der Waals surface area contributed by atoms with Crippen LogP contribution in [-0.4, -0.2) is 31.1 Å². The molecule has 0 amide bonds. The van der Waals surface area contributed by atoms with Gasteiger partial charge < -0.3 is 9.29 Å². The zero-order valence-corrected chi connectivity index (χ0v) is 13.3. The molecule has 3 aromatic heterocycles. The van der Waals surface area contributed by atoms with Crippen LogP contribution in [0.1, 0.15) is 18.3 Å².